The van der Waals surface area contributed by atoms with Gasteiger partial charge < -0.3 is 34.3 Å². The second kappa shape index (κ2) is 18.5. The van der Waals surface area contributed by atoms with E-state index in [9.17, 15) is 27.6 Å². The number of pyridine rings is 1. The number of fused-ring (bicyclic) bond motifs is 3. The lowest BCUT2D eigenvalue weighted by Gasteiger charge is -2.28. The van der Waals surface area contributed by atoms with Crippen LogP contribution < -0.4 is 20.5 Å². The van der Waals surface area contributed by atoms with Crippen LogP contribution in [0.25, 0.3) is 33.5 Å². The molecule has 2 aliphatic rings. The molecule has 1 aliphatic carbocycles. The minimum absolute atomic E-state index is 0.0191. The molecule has 4 heterocycles. The first kappa shape index (κ1) is 44.2. The standard InChI is InChI=1S/C44H57N5O10S/c1-7-28(22-38(50)48-60(54,55)30-19-20-30)15-11-9-8-10-12-17-32(47-43(53)59-44(4,5)6)42(52)49-25-29(23-34(49)41(45)51)57-37-24-33(36-21-26(2)27(3)56-36)46-39-31-16-13-14-18-35(31)58-40(37)39/h11,13-16,18,21,24,28-30,32,34H,7-10,12,17,19-20,22-23,25H2,1-6H3,(H2,45,51)(H,47,53)(H,48,50)/b15-11-/t28-,29+,32-,34-/m0/s1. The summed E-state index contributed by atoms with van der Waals surface area (Å²) in [6.07, 6.45) is 7.62. The molecule has 0 radical (unpaired) electrons. The molecule has 0 unspecified atom stereocenters. The maximum absolute atomic E-state index is 14.3. The predicted octanol–water partition coefficient (Wildman–Crippen LogP) is 7.12. The second-order valence-electron chi connectivity index (χ2n) is 16.9. The van der Waals surface area contributed by atoms with Gasteiger partial charge in [-0.05, 0) is 103 Å². The Morgan fingerprint density at radius 2 is 1.82 bits per heavy atom. The maximum Gasteiger partial charge on any atom is 0.408 e. The predicted molar refractivity (Wildman–Crippen MR) is 226 cm³/mol. The van der Waals surface area contributed by atoms with E-state index in [1.807, 2.05) is 63.3 Å². The summed E-state index contributed by atoms with van der Waals surface area (Å²) in [6.45, 7) is 11.0. The number of para-hydroxylation sites is 1. The van der Waals surface area contributed by atoms with Gasteiger partial charge in [0.1, 0.15) is 46.3 Å². The van der Waals surface area contributed by atoms with Crippen LogP contribution in [0.3, 0.4) is 0 Å². The van der Waals surface area contributed by atoms with Crippen LogP contribution in [-0.2, 0) is 29.1 Å². The number of allylic oxidation sites excluding steroid dienone is 2. The highest BCUT2D eigenvalue weighted by Crippen LogP contribution is 2.39. The van der Waals surface area contributed by atoms with Gasteiger partial charge in [0.25, 0.3) is 0 Å². The molecule has 4 aromatic rings. The topological polar surface area (TPSA) is 213 Å². The Bertz CT molecular complexity index is 2340. The summed E-state index contributed by atoms with van der Waals surface area (Å²) in [6, 6.07) is 9.14. The van der Waals surface area contributed by atoms with Gasteiger partial charge in [0.2, 0.25) is 27.7 Å². The first-order valence-corrected chi connectivity index (χ1v) is 22.3. The van der Waals surface area contributed by atoms with Crippen LogP contribution in [-0.4, -0.2) is 77.7 Å². The van der Waals surface area contributed by atoms with Gasteiger partial charge in [-0.3, -0.25) is 19.1 Å². The van der Waals surface area contributed by atoms with Crippen LogP contribution in [0.4, 0.5) is 4.79 Å². The van der Waals surface area contributed by atoms with Gasteiger partial charge in [-0.15, -0.1) is 0 Å². The van der Waals surface area contributed by atoms with Crippen LogP contribution in [0.15, 0.2) is 57.4 Å². The lowest BCUT2D eigenvalue weighted by molar-refractivity contribution is -0.139. The number of alkyl carbamates (subject to hydrolysis) is 1. The van der Waals surface area contributed by atoms with Crippen molar-refractivity contribution in [2.24, 2.45) is 11.7 Å². The number of sulfonamides is 1. The molecular formula is C44H57N5O10S. The summed E-state index contributed by atoms with van der Waals surface area (Å²) in [4.78, 5) is 58.9. The number of carbonyl (C=O) groups excluding carboxylic acids is 4. The number of amides is 4. The van der Waals surface area contributed by atoms with E-state index in [4.69, 9.17) is 29.0 Å². The molecule has 324 valence electrons. The maximum atomic E-state index is 14.3. The Kier molecular flexibility index (Phi) is 13.6. The molecule has 3 aromatic heterocycles. The fourth-order valence-corrected chi connectivity index (χ4v) is 8.70. The Balaban J connectivity index is 1.12. The number of aryl methyl sites for hydroxylation is 2. The smallest absolute Gasteiger partial charge is 0.408 e. The molecule has 15 nitrogen and oxygen atoms in total. The van der Waals surface area contributed by atoms with Crippen LogP contribution in [0.1, 0.15) is 103 Å². The first-order valence-electron chi connectivity index (χ1n) is 20.8. The van der Waals surface area contributed by atoms with E-state index in [2.05, 4.69) is 10.0 Å². The molecule has 4 N–H and O–H groups in total. The minimum atomic E-state index is -3.58. The Hall–Kier alpha value is -5.38. The highest BCUT2D eigenvalue weighted by molar-refractivity contribution is 7.90. The molecule has 1 saturated carbocycles. The van der Waals surface area contributed by atoms with E-state index in [-0.39, 0.29) is 31.7 Å². The van der Waals surface area contributed by atoms with Crippen molar-refractivity contribution in [3.63, 3.8) is 0 Å². The van der Waals surface area contributed by atoms with Crippen molar-refractivity contribution in [3.05, 3.63) is 59.9 Å². The zero-order valence-corrected chi connectivity index (χ0v) is 36.1. The number of benzene rings is 1. The van der Waals surface area contributed by atoms with Crippen LogP contribution in [0, 0.1) is 19.8 Å². The molecule has 0 spiro atoms. The highest BCUT2D eigenvalue weighted by atomic mass is 32.2. The van der Waals surface area contributed by atoms with E-state index in [0.29, 0.717) is 66.0 Å². The van der Waals surface area contributed by atoms with Gasteiger partial charge in [-0.25, -0.2) is 18.2 Å². The third-order valence-electron chi connectivity index (χ3n) is 10.8. The zero-order valence-electron chi connectivity index (χ0n) is 35.2. The van der Waals surface area contributed by atoms with Gasteiger partial charge in [0.15, 0.2) is 17.1 Å². The molecule has 2 fully saturated rings. The first-order chi connectivity index (χ1) is 28.4. The largest absolute Gasteiger partial charge is 0.484 e. The Labute approximate surface area is 350 Å². The second-order valence-corrected chi connectivity index (χ2v) is 18.9. The number of likely N-dealkylation sites (tertiary alicyclic amines) is 1. The number of furan rings is 2. The van der Waals surface area contributed by atoms with Crippen molar-refractivity contribution in [3.8, 4) is 17.2 Å². The van der Waals surface area contributed by atoms with Gasteiger partial charge in [-0.1, -0.05) is 44.1 Å². The van der Waals surface area contributed by atoms with E-state index >= 15 is 0 Å². The molecule has 4 atom stereocenters. The number of primary amides is 1. The number of nitrogens with two attached hydrogens (primary N) is 1. The number of nitrogens with zero attached hydrogens (tertiary/aromatic N) is 2. The normalized spacial score (nSPS) is 18.2. The average molecular weight is 848 g/mol. The van der Waals surface area contributed by atoms with Crippen molar-refractivity contribution in [2.75, 3.05) is 6.54 Å². The van der Waals surface area contributed by atoms with Crippen LogP contribution in [0.2, 0.25) is 0 Å². The summed E-state index contributed by atoms with van der Waals surface area (Å²) >= 11 is 0. The van der Waals surface area contributed by atoms with Gasteiger partial charge in [-0.2, -0.15) is 0 Å². The molecule has 6 rings (SSSR count). The summed E-state index contributed by atoms with van der Waals surface area (Å²) in [5, 5.41) is 3.07. The summed E-state index contributed by atoms with van der Waals surface area (Å²) in [5.74, 6) is -0.0819. The fraction of sp³-hybridized carbons (Fsp3) is 0.523. The molecular weight excluding hydrogens is 791 g/mol. The van der Waals surface area contributed by atoms with Crippen LogP contribution >= 0.6 is 0 Å². The van der Waals surface area contributed by atoms with Crippen molar-refractivity contribution in [1.82, 2.24) is 19.9 Å². The number of unbranched alkanes of at least 4 members (excludes halogenated alkanes) is 3. The molecule has 1 saturated heterocycles. The third-order valence-corrected chi connectivity index (χ3v) is 12.7. The monoisotopic (exact) mass is 847 g/mol. The van der Waals surface area contributed by atoms with E-state index in [1.54, 1.807) is 26.8 Å². The summed E-state index contributed by atoms with van der Waals surface area (Å²) in [7, 11) is -3.58. The molecule has 60 heavy (non-hydrogen) atoms. The lowest BCUT2D eigenvalue weighted by Crippen LogP contribution is -2.53. The summed E-state index contributed by atoms with van der Waals surface area (Å²) in [5.41, 5.74) is 8.19. The van der Waals surface area contributed by atoms with Crippen LogP contribution in [0.5, 0.6) is 5.75 Å². The lowest BCUT2D eigenvalue weighted by atomic mass is 10.0. The molecule has 1 aliphatic heterocycles. The molecule has 4 amide bonds. The molecule has 16 heteroatoms. The van der Waals surface area contributed by atoms with Crippen molar-refractivity contribution >= 4 is 55.9 Å². The van der Waals surface area contributed by atoms with E-state index in [1.165, 1.54) is 4.90 Å². The van der Waals surface area contributed by atoms with Gasteiger partial charge >= 0.3 is 6.09 Å². The average Bonchev–Trinajstić information content (AvgIpc) is 3.74. The SMILES string of the molecule is CC[C@@H](/C=C\CCCCC[C@H](NC(=O)OC(C)(C)C)C(=O)N1C[C@H](Oc2cc(-c3cc(C)c(C)o3)nc3c2oc2ccccc23)C[C@H]1C(N)=O)CC(=O)NS(=O)(=O)C1CC1. The quantitative estimate of drug-likeness (QED) is 0.0678. The van der Waals surface area contributed by atoms with E-state index in [0.717, 1.165) is 29.6 Å². The van der Waals surface area contributed by atoms with Gasteiger partial charge in [0, 0.05) is 24.3 Å². The van der Waals surface area contributed by atoms with E-state index < -0.39 is 62.9 Å². The zero-order chi connectivity index (χ0) is 43.4. The number of nitrogens with one attached hydrogen (secondary N) is 2. The van der Waals surface area contributed by atoms with Crippen molar-refractivity contribution in [1.29, 1.82) is 0 Å². The highest BCUT2D eigenvalue weighted by Gasteiger charge is 2.43. The summed E-state index contributed by atoms with van der Waals surface area (Å²) < 4.78 is 50.8. The molecule has 1 aromatic carbocycles. The Morgan fingerprint density at radius 3 is 2.48 bits per heavy atom. The number of hydrogen-bond donors (Lipinski definition) is 3. The fourth-order valence-electron chi connectivity index (χ4n) is 7.37. The number of carbonyl (C=O) groups is 4. The Morgan fingerprint density at radius 1 is 1.07 bits per heavy atom. The van der Waals surface area contributed by atoms with Gasteiger partial charge in [0.05, 0.1) is 11.8 Å². The number of hydrogen-bond acceptors (Lipinski definition) is 11. The number of aromatic nitrogens is 1. The van der Waals surface area contributed by atoms with Crippen molar-refractivity contribution in [2.45, 2.75) is 135 Å². The number of ether oxygens (including phenoxy) is 2. The third kappa shape index (κ3) is 11.1. The van der Waals surface area contributed by atoms with Crippen molar-refractivity contribution < 1.29 is 45.9 Å². The minimum Gasteiger partial charge on any atom is -0.484 e. The number of rotatable bonds is 18. The molecule has 0 bridgehead atoms.